The van der Waals surface area contributed by atoms with Crippen molar-refractivity contribution in [2.75, 3.05) is 0 Å². The van der Waals surface area contributed by atoms with Crippen molar-refractivity contribution >= 4 is 0 Å². The van der Waals surface area contributed by atoms with E-state index in [-0.39, 0.29) is 5.75 Å². The Morgan fingerprint density at radius 1 is 1.31 bits per heavy atom. The molecule has 0 N–H and O–H groups in total. The summed E-state index contributed by atoms with van der Waals surface area (Å²) in [6.45, 7) is 1.64. The second-order valence-electron chi connectivity index (χ2n) is 3.00. The number of hydrogen-bond donors (Lipinski definition) is 0. The highest BCUT2D eigenvalue weighted by Crippen LogP contribution is 2.25. The zero-order chi connectivity index (χ0) is 12.2. The summed E-state index contributed by atoms with van der Waals surface area (Å²) < 4.78 is 39.2. The molecule has 0 aliphatic rings. The van der Waals surface area contributed by atoms with E-state index in [4.69, 9.17) is 5.53 Å². The number of azide groups is 1. The lowest BCUT2D eigenvalue weighted by Crippen LogP contribution is -2.17. The molecule has 0 fully saturated rings. The molecule has 0 bridgehead atoms. The van der Waals surface area contributed by atoms with Crippen molar-refractivity contribution in [1.29, 1.82) is 0 Å². The van der Waals surface area contributed by atoms with Crippen molar-refractivity contribution in [2.45, 2.75) is 19.3 Å². The maximum Gasteiger partial charge on any atom is 0.573 e. The molecule has 0 heterocycles. The Morgan fingerprint density at radius 2 is 1.88 bits per heavy atom. The van der Waals surface area contributed by atoms with Crippen molar-refractivity contribution in [2.24, 2.45) is 5.11 Å². The summed E-state index contributed by atoms with van der Waals surface area (Å²) in [6.07, 6.45) is -4.70. The lowest BCUT2D eigenvalue weighted by molar-refractivity contribution is -0.274. The highest BCUT2D eigenvalue weighted by Gasteiger charge is 2.30. The zero-order valence-electron chi connectivity index (χ0n) is 8.27. The van der Waals surface area contributed by atoms with Crippen LogP contribution in [0.25, 0.3) is 10.4 Å². The molecule has 1 aromatic rings. The maximum absolute atomic E-state index is 11.8. The molecule has 0 amide bonds. The van der Waals surface area contributed by atoms with Crippen LogP contribution >= 0.6 is 0 Å². The molecule has 0 saturated carbocycles. The monoisotopic (exact) mass is 231 g/mol. The van der Waals surface area contributed by atoms with Crippen LogP contribution in [0.5, 0.6) is 5.75 Å². The molecule has 0 radical (unpaired) electrons. The van der Waals surface area contributed by atoms with Gasteiger partial charge in [0, 0.05) is 4.91 Å². The molecule has 7 heteroatoms. The van der Waals surface area contributed by atoms with Gasteiger partial charge in [0.15, 0.2) is 0 Å². The fourth-order valence-electron chi connectivity index (χ4n) is 1.09. The fourth-order valence-corrected chi connectivity index (χ4v) is 1.09. The van der Waals surface area contributed by atoms with Crippen molar-refractivity contribution in [3.05, 3.63) is 40.3 Å². The zero-order valence-corrected chi connectivity index (χ0v) is 8.27. The Balaban J connectivity index is 2.79. The summed E-state index contributed by atoms with van der Waals surface area (Å²) in [7, 11) is 0. The van der Waals surface area contributed by atoms with Gasteiger partial charge in [0.1, 0.15) is 5.75 Å². The highest BCUT2D eigenvalue weighted by atomic mass is 19.4. The number of ether oxygens (including phenoxy) is 1. The van der Waals surface area contributed by atoms with E-state index in [0.29, 0.717) is 5.56 Å². The maximum atomic E-state index is 11.8. The Kier molecular flexibility index (Phi) is 3.63. The first kappa shape index (κ1) is 12.2. The molecule has 0 saturated heterocycles. The van der Waals surface area contributed by atoms with Crippen LogP contribution in [-0.4, -0.2) is 6.36 Å². The van der Waals surface area contributed by atoms with Crippen LogP contribution in [0.2, 0.25) is 0 Å². The van der Waals surface area contributed by atoms with Gasteiger partial charge in [0.2, 0.25) is 0 Å². The normalized spacial score (nSPS) is 12.8. The van der Waals surface area contributed by atoms with Crippen molar-refractivity contribution < 1.29 is 17.9 Å². The van der Waals surface area contributed by atoms with Gasteiger partial charge in [-0.1, -0.05) is 24.2 Å². The molecule has 0 aliphatic heterocycles. The fraction of sp³-hybridized carbons (Fsp3) is 0.333. The van der Waals surface area contributed by atoms with Crippen molar-refractivity contribution in [3.8, 4) is 5.75 Å². The molecule has 86 valence electrons. The number of nitrogens with zero attached hydrogens (tertiary/aromatic N) is 3. The molecule has 1 aromatic carbocycles. The van der Waals surface area contributed by atoms with Crippen LogP contribution in [0.4, 0.5) is 13.2 Å². The van der Waals surface area contributed by atoms with E-state index >= 15 is 0 Å². The average molecular weight is 231 g/mol. The SMILES string of the molecule is CC(N=[N+]=[N-])c1ccc(OC(F)(F)F)cc1. The second kappa shape index (κ2) is 4.76. The van der Waals surface area contributed by atoms with Crippen LogP contribution in [0.3, 0.4) is 0 Å². The Bertz CT molecular complexity index is 395. The smallest absolute Gasteiger partial charge is 0.406 e. The van der Waals surface area contributed by atoms with Crippen LogP contribution in [0.15, 0.2) is 29.4 Å². The van der Waals surface area contributed by atoms with Gasteiger partial charge in [0.25, 0.3) is 0 Å². The van der Waals surface area contributed by atoms with Crippen LogP contribution in [0, 0.1) is 0 Å². The van der Waals surface area contributed by atoms with Gasteiger partial charge in [-0.15, -0.1) is 13.2 Å². The second-order valence-corrected chi connectivity index (χ2v) is 3.00. The minimum absolute atomic E-state index is 0.301. The van der Waals surface area contributed by atoms with E-state index in [1.165, 1.54) is 24.3 Å². The van der Waals surface area contributed by atoms with Gasteiger partial charge in [-0.2, -0.15) is 0 Å². The van der Waals surface area contributed by atoms with Crippen LogP contribution < -0.4 is 4.74 Å². The summed E-state index contributed by atoms with van der Waals surface area (Å²) in [4.78, 5) is 2.61. The topological polar surface area (TPSA) is 58.0 Å². The molecule has 4 nitrogen and oxygen atoms in total. The van der Waals surface area contributed by atoms with Crippen LogP contribution in [-0.2, 0) is 0 Å². The molecule has 1 unspecified atom stereocenters. The third kappa shape index (κ3) is 3.70. The summed E-state index contributed by atoms with van der Waals surface area (Å²) >= 11 is 0. The van der Waals surface area contributed by atoms with Crippen molar-refractivity contribution in [1.82, 2.24) is 0 Å². The van der Waals surface area contributed by atoms with E-state index < -0.39 is 12.4 Å². The first-order chi connectivity index (χ1) is 7.42. The van der Waals surface area contributed by atoms with E-state index in [9.17, 15) is 13.2 Å². The predicted molar refractivity (Wildman–Crippen MR) is 50.7 cm³/mol. The number of alkyl halides is 3. The number of rotatable bonds is 3. The molecule has 0 spiro atoms. The molecule has 16 heavy (non-hydrogen) atoms. The Hall–Kier alpha value is -1.88. The summed E-state index contributed by atoms with van der Waals surface area (Å²) in [6, 6.07) is 4.75. The average Bonchev–Trinajstić information content (AvgIpc) is 2.16. The number of halogens is 3. The third-order valence-electron chi connectivity index (χ3n) is 1.82. The third-order valence-corrected chi connectivity index (χ3v) is 1.82. The van der Waals surface area contributed by atoms with Gasteiger partial charge < -0.3 is 4.74 Å². The first-order valence-electron chi connectivity index (χ1n) is 4.32. The Morgan fingerprint density at radius 3 is 2.31 bits per heavy atom. The summed E-state index contributed by atoms with van der Waals surface area (Å²) in [5.41, 5.74) is 8.81. The van der Waals surface area contributed by atoms with Crippen molar-refractivity contribution in [3.63, 3.8) is 0 Å². The molecule has 0 aliphatic carbocycles. The number of hydrogen-bond acceptors (Lipinski definition) is 2. The van der Waals surface area contributed by atoms with E-state index in [2.05, 4.69) is 14.8 Å². The Labute approximate surface area is 89.3 Å². The van der Waals surface area contributed by atoms with E-state index in [1.54, 1.807) is 6.92 Å². The molecular formula is C9H8F3N3O. The summed E-state index contributed by atoms with van der Waals surface area (Å²) in [5, 5.41) is 3.42. The largest absolute Gasteiger partial charge is 0.573 e. The summed E-state index contributed by atoms with van der Waals surface area (Å²) in [5.74, 6) is -0.301. The van der Waals surface area contributed by atoms with Gasteiger partial charge >= 0.3 is 6.36 Å². The minimum Gasteiger partial charge on any atom is -0.406 e. The van der Waals surface area contributed by atoms with E-state index in [0.717, 1.165) is 0 Å². The van der Waals surface area contributed by atoms with E-state index in [1.807, 2.05) is 0 Å². The molecule has 1 rings (SSSR count). The van der Waals surface area contributed by atoms with Gasteiger partial charge in [-0.3, -0.25) is 0 Å². The standard InChI is InChI=1S/C9H8F3N3O/c1-6(14-15-13)7-2-4-8(5-3-7)16-9(10,11)12/h2-6H,1H3. The first-order valence-corrected chi connectivity index (χ1v) is 4.32. The highest BCUT2D eigenvalue weighted by molar-refractivity contribution is 5.29. The molecule has 1 atom stereocenters. The van der Waals surface area contributed by atoms with Crippen LogP contribution in [0.1, 0.15) is 18.5 Å². The van der Waals surface area contributed by atoms with Gasteiger partial charge in [-0.25, -0.2) is 0 Å². The minimum atomic E-state index is -4.70. The lowest BCUT2D eigenvalue weighted by atomic mass is 10.1. The quantitative estimate of drug-likeness (QED) is 0.441. The molecule has 0 aromatic heterocycles. The lowest BCUT2D eigenvalue weighted by Gasteiger charge is -2.10. The molecular weight excluding hydrogens is 223 g/mol. The predicted octanol–water partition coefficient (Wildman–Crippen LogP) is 3.96. The number of benzene rings is 1. The van der Waals surface area contributed by atoms with Gasteiger partial charge in [-0.05, 0) is 23.2 Å². The van der Waals surface area contributed by atoms with Gasteiger partial charge in [0.05, 0.1) is 6.04 Å².